The Morgan fingerprint density at radius 2 is 2.04 bits per heavy atom. The van der Waals surface area contributed by atoms with Gasteiger partial charge >= 0.3 is 0 Å². The average molecular weight is 374 g/mol. The first kappa shape index (κ1) is 17.4. The number of aromatic nitrogens is 2. The molecule has 1 heterocycles. The van der Waals surface area contributed by atoms with E-state index < -0.39 is 0 Å². The number of nitrogens with zero attached hydrogens (tertiary/aromatic N) is 2. The molecule has 0 aliphatic rings. The lowest BCUT2D eigenvalue weighted by atomic mass is 10.2. The van der Waals surface area contributed by atoms with Gasteiger partial charge in [-0.1, -0.05) is 23.7 Å². The standard InChI is InChI=1S/C18H16ClN3O2S/c1-11-6-7-14(9-16(11)19)20-18(23)13-4-3-5-15(8-13)24-10-17-12(2)21-25-22-17/h3-9H,10H2,1-2H3,(H,20,23). The number of amides is 1. The smallest absolute Gasteiger partial charge is 0.255 e. The first-order valence-electron chi connectivity index (χ1n) is 7.61. The van der Waals surface area contributed by atoms with E-state index in [1.54, 1.807) is 30.3 Å². The highest BCUT2D eigenvalue weighted by atomic mass is 35.5. The molecule has 0 bridgehead atoms. The third-order valence-electron chi connectivity index (χ3n) is 3.65. The van der Waals surface area contributed by atoms with Gasteiger partial charge in [0.1, 0.15) is 18.1 Å². The van der Waals surface area contributed by atoms with E-state index in [1.165, 1.54) is 0 Å². The Labute approximate surface area is 154 Å². The molecular weight excluding hydrogens is 358 g/mol. The Bertz CT molecular complexity index is 911. The highest BCUT2D eigenvalue weighted by Gasteiger charge is 2.09. The third-order valence-corrected chi connectivity index (χ3v) is 4.71. The van der Waals surface area contributed by atoms with Crippen LogP contribution in [-0.2, 0) is 6.61 Å². The van der Waals surface area contributed by atoms with E-state index in [2.05, 4.69) is 14.1 Å². The van der Waals surface area contributed by atoms with Crippen LogP contribution in [0, 0.1) is 13.8 Å². The predicted octanol–water partition coefficient (Wildman–Crippen LogP) is 4.64. The number of carbonyl (C=O) groups is 1. The molecule has 0 atom stereocenters. The summed E-state index contributed by atoms with van der Waals surface area (Å²) in [6, 6.07) is 12.4. The fourth-order valence-electron chi connectivity index (χ4n) is 2.13. The molecule has 3 rings (SSSR count). The number of rotatable bonds is 5. The molecule has 5 nitrogen and oxygen atoms in total. The van der Waals surface area contributed by atoms with Crippen molar-refractivity contribution in [2.45, 2.75) is 20.5 Å². The largest absolute Gasteiger partial charge is 0.487 e. The first-order chi connectivity index (χ1) is 12.0. The highest BCUT2D eigenvalue weighted by Crippen LogP contribution is 2.21. The maximum Gasteiger partial charge on any atom is 0.255 e. The van der Waals surface area contributed by atoms with Crippen molar-refractivity contribution in [3.63, 3.8) is 0 Å². The summed E-state index contributed by atoms with van der Waals surface area (Å²) in [5.41, 5.74) is 3.77. The lowest BCUT2D eigenvalue weighted by Gasteiger charge is -2.09. The van der Waals surface area contributed by atoms with Crippen molar-refractivity contribution in [1.29, 1.82) is 0 Å². The van der Waals surface area contributed by atoms with Gasteiger partial charge in [-0.15, -0.1) is 0 Å². The summed E-state index contributed by atoms with van der Waals surface area (Å²) >= 11 is 7.25. The maximum absolute atomic E-state index is 12.4. The molecule has 1 amide bonds. The summed E-state index contributed by atoms with van der Waals surface area (Å²) in [4.78, 5) is 12.4. The second-order valence-electron chi connectivity index (χ2n) is 5.53. The summed E-state index contributed by atoms with van der Waals surface area (Å²) in [6.45, 7) is 4.12. The van der Waals surface area contributed by atoms with Crippen molar-refractivity contribution in [2.75, 3.05) is 5.32 Å². The van der Waals surface area contributed by atoms with E-state index in [0.717, 1.165) is 28.7 Å². The Morgan fingerprint density at radius 1 is 1.20 bits per heavy atom. The molecule has 0 unspecified atom stereocenters. The molecule has 128 valence electrons. The molecule has 0 saturated carbocycles. The Morgan fingerprint density at radius 3 is 2.76 bits per heavy atom. The minimum Gasteiger partial charge on any atom is -0.487 e. The van der Waals surface area contributed by atoms with Crippen LogP contribution in [0.3, 0.4) is 0 Å². The number of hydrogen-bond acceptors (Lipinski definition) is 5. The van der Waals surface area contributed by atoms with Gasteiger partial charge < -0.3 is 10.1 Å². The van der Waals surface area contributed by atoms with Crippen LogP contribution < -0.4 is 10.1 Å². The van der Waals surface area contributed by atoms with Crippen molar-refractivity contribution in [2.24, 2.45) is 0 Å². The Balaban J connectivity index is 1.68. The van der Waals surface area contributed by atoms with Gasteiger partial charge in [0.2, 0.25) is 0 Å². The lowest BCUT2D eigenvalue weighted by Crippen LogP contribution is -2.12. The monoisotopic (exact) mass is 373 g/mol. The van der Waals surface area contributed by atoms with Crippen LogP contribution in [-0.4, -0.2) is 14.7 Å². The molecule has 1 aromatic heterocycles. The zero-order chi connectivity index (χ0) is 17.8. The van der Waals surface area contributed by atoms with Gasteiger partial charge in [0.25, 0.3) is 5.91 Å². The molecule has 0 aliphatic heterocycles. The van der Waals surface area contributed by atoms with Crippen molar-refractivity contribution in [1.82, 2.24) is 8.75 Å². The number of halogens is 1. The number of carbonyl (C=O) groups excluding carboxylic acids is 1. The predicted molar refractivity (Wildman–Crippen MR) is 99.6 cm³/mol. The number of aryl methyl sites for hydroxylation is 2. The lowest BCUT2D eigenvalue weighted by molar-refractivity contribution is 0.102. The van der Waals surface area contributed by atoms with Crippen LogP contribution in [0.4, 0.5) is 5.69 Å². The topological polar surface area (TPSA) is 64.1 Å². The zero-order valence-electron chi connectivity index (χ0n) is 13.7. The van der Waals surface area contributed by atoms with Gasteiger partial charge in [-0.2, -0.15) is 8.75 Å². The van der Waals surface area contributed by atoms with Crippen LogP contribution in [0.15, 0.2) is 42.5 Å². The van der Waals surface area contributed by atoms with E-state index in [-0.39, 0.29) is 5.91 Å². The fourth-order valence-corrected chi connectivity index (χ4v) is 2.87. The number of benzene rings is 2. The molecular formula is C18H16ClN3O2S. The van der Waals surface area contributed by atoms with Crippen LogP contribution in [0.5, 0.6) is 5.75 Å². The van der Waals surface area contributed by atoms with Crippen molar-refractivity contribution in [3.05, 3.63) is 70.0 Å². The summed E-state index contributed by atoms with van der Waals surface area (Å²) in [5.74, 6) is 0.374. The second-order valence-corrected chi connectivity index (χ2v) is 6.47. The van der Waals surface area contributed by atoms with Crippen LogP contribution in [0.2, 0.25) is 5.02 Å². The van der Waals surface area contributed by atoms with Gasteiger partial charge in [-0.3, -0.25) is 4.79 Å². The Hall–Kier alpha value is -2.44. The quantitative estimate of drug-likeness (QED) is 0.707. The minimum atomic E-state index is -0.225. The summed E-state index contributed by atoms with van der Waals surface area (Å²) in [7, 11) is 0. The first-order valence-corrected chi connectivity index (χ1v) is 8.72. The van der Waals surface area contributed by atoms with Gasteiger partial charge in [0.15, 0.2) is 0 Å². The fraction of sp³-hybridized carbons (Fsp3) is 0.167. The summed E-state index contributed by atoms with van der Waals surface area (Å²) in [5, 5.41) is 3.45. The molecule has 3 aromatic rings. The van der Waals surface area contributed by atoms with Gasteiger partial charge in [-0.25, -0.2) is 0 Å². The number of anilines is 1. The zero-order valence-corrected chi connectivity index (χ0v) is 15.3. The van der Waals surface area contributed by atoms with Crippen LogP contribution in [0.1, 0.15) is 27.3 Å². The van der Waals surface area contributed by atoms with Crippen molar-refractivity contribution >= 4 is 34.9 Å². The Kier molecular flexibility index (Phi) is 5.31. The summed E-state index contributed by atoms with van der Waals surface area (Å²) < 4.78 is 14.0. The second kappa shape index (κ2) is 7.63. The van der Waals surface area contributed by atoms with Gasteiger partial charge in [0.05, 0.1) is 17.4 Å². The molecule has 0 saturated heterocycles. The van der Waals surface area contributed by atoms with E-state index >= 15 is 0 Å². The molecule has 0 spiro atoms. The number of hydrogen-bond donors (Lipinski definition) is 1. The minimum absolute atomic E-state index is 0.225. The van der Waals surface area contributed by atoms with Gasteiger partial charge in [-0.05, 0) is 49.7 Å². The molecule has 0 fully saturated rings. The molecule has 0 aliphatic carbocycles. The normalized spacial score (nSPS) is 10.5. The van der Waals surface area contributed by atoms with Crippen LogP contribution in [0.25, 0.3) is 0 Å². The molecule has 7 heteroatoms. The average Bonchev–Trinajstić information content (AvgIpc) is 3.01. The molecule has 1 N–H and O–H groups in total. The number of nitrogens with one attached hydrogen (secondary N) is 1. The SMILES string of the molecule is Cc1ccc(NC(=O)c2cccc(OCc3nsnc3C)c2)cc1Cl. The number of ether oxygens (including phenoxy) is 1. The highest BCUT2D eigenvalue weighted by molar-refractivity contribution is 6.99. The van der Waals surface area contributed by atoms with Gasteiger partial charge in [0, 0.05) is 16.3 Å². The third kappa shape index (κ3) is 4.35. The molecule has 2 aromatic carbocycles. The van der Waals surface area contributed by atoms with E-state index in [1.807, 2.05) is 26.0 Å². The van der Waals surface area contributed by atoms with Crippen molar-refractivity contribution < 1.29 is 9.53 Å². The van der Waals surface area contributed by atoms with Crippen molar-refractivity contribution in [3.8, 4) is 5.75 Å². The maximum atomic E-state index is 12.4. The molecule has 0 radical (unpaired) electrons. The van der Waals surface area contributed by atoms with E-state index in [0.29, 0.717) is 28.6 Å². The molecule has 25 heavy (non-hydrogen) atoms. The summed E-state index contributed by atoms with van der Waals surface area (Å²) in [6.07, 6.45) is 0. The van der Waals surface area contributed by atoms with Crippen LogP contribution >= 0.6 is 23.3 Å². The van der Waals surface area contributed by atoms with E-state index in [4.69, 9.17) is 16.3 Å². The van der Waals surface area contributed by atoms with E-state index in [9.17, 15) is 4.79 Å².